The molecule has 0 saturated carbocycles. The molecule has 2 fully saturated rings. The average Bonchev–Trinajstić information content (AvgIpc) is 2.88. The van der Waals surface area contributed by atoms with E-state index in [9.17, 15) is 20.4 Å². The van der Waals surface area contributed by atoms with Crippen LogP contribution in [-0.2, 0) is 18.9 Å². The fourth-order valence-electron chi connectivity index (χ4n) is 2.24. The van der Waals surface area contributed by atoms with Crippen molar-refractivity contribution in [3.8, 4) is 0 Å². The molecule has 2 heterocycles. The molecule has 0 aromatic rings. The predicted octanol–water partition coefficient (Wildman–Crippen LogP) is -3.46. The Kier molecular flexibility index (Phi) is 5.29. The van der Waals surface area contributed by atoms with Crippen molar-refractivity contribution in [2.75, 3.05) is 20.3 Å². The van der Waals surface area contributed by atoms with Crippen molar-refractivity contribution in [2.45, 2.75) is 49.2 Å². The second-order valence-electron chi connectivity index (χ2n) is 4.80. The van der Waals surface area contributed by atoms with E-state index in [1.807, 2.05) is 0 Å². The highest BCUT2D eigenvalue weighted by atomic mass is 16.7. The number of ether oxygens (including phenoxy) is 4. The van der Waals surface area contributed by atoms with Gasteiger partial charge in [-0.1, -0.05) is 0 Å². The van der Waals surface area contributed by atoms with E-state index in [0.717, 1.165) is 0 Å². The van der Waals surface area contributed by atoms with Crippen LogP contribution in [0.3, 0.4) is 0 Å². The monoisotopic (exact) mass is 296 g/mol. The quantitative estimate of drug-likeness (QED) is 0.350. The number of rotatable bonds is 5. The summed E-state index contributed by atoms with van der Waals surface area (Å²) in [5, 5.41) is 47.4. The van der Waals surface area contributed by atoms with Crippen molar-refractivity contribution in [1.29, 1.82) is 0 Å². The van der Waals surface area contributed by atoms with E-state index in [0.29, 0.717) is 0 Å². The first-order valence-electron chi connectivity index (χ1n) is 6.28. The minimum absolute atomic E-state index is 0.176. The average molecular weight is 296 g/mol. The van der Waals surface area contributed by atoms with Gasteiger partial charge >= 0.3 is 0 Å². The Morgan fingerprint density at radius 1 is 0.850 bits per heavy atom. The lowest BCUT2D eigenvalue weighted by Gasteiger charge is -2.19. The number of aliphatic hydroxyl groups is 5. The van der Waals surface area contributed by atoms with Gasteiger partial charge in [-0.15, -0.1) is 0 Å². The van der Waals surface area contributed by atoms with Crippen LogP contribution < -0.4 is 0 Å². The van der Waals surface area contributed by atoms with Crippen LogP contribution in [0.2, 0.25) is 0 Å². The molecule has 0 radical (unpaired) electrons. The SMILES string of the molecule is CO[C@H]1O[C@H](CO[C@H]2O[C@H](CO)[C@H](O)[C@@H]2O)[C@@H](O)[C@@H]1O. The molecule has 2 rings (SSSR count). The molecule has 0 aromatic heterocycles. The third-order valence-corrected chi connectivity index (χ3v) is 3.47. The van der Waals surface area contributed by atoms with Gasteiger partial charge in [-0.25, -0.2) is 0 Å². The molecule has 0 amide bonds. The van der Waals surface area contributed by atoms with Gasteiger partial charge in [0.2, 0.25) is 0 Å². The van der Waals surface area contributed by atoms with Gasteiger partial charge < -0.3 is 44.5 Å². The standard InChI is InChI=1S/C11H20O9/c1-17-10-8(15)7(14)5(20-10)3-18-11-9(16)6(13)4(2-12)19-11/h4-16H,2-3H2,1H3/t4-,5-,6+,7-,8+,9+,10+,11+/m1/s1. The zero-order valence-corrected chi connectivity index (χ0v) is 10.9. The Morgan fingerprint density at radius 2 is 1.40 bits per heavy atom. The Labute approximate surface area is 115 Å². The summed E-state index contributed by atoms with van der Waals surface area (Å²) in [5.41, 5.74) is 0. The topological polar surface area (TPSA) is 138 Å². The van der Waals surface area contributed by atoms with Crippen molar-refractivity contribution in [2.24, 2.45) is 0 Å². The second kappa shape index (κ2) is 6.60. The van der Waals surface area contributed by atoms with Gasteiger partial charge in [-0.05, 0) is 0 Å². The molecule has 5 N–H and O–H groups in total. The molecule has 2 aliphatic rings. The smallest absolute Gasteiger partial charge is 0.186 e. The lowest BCUT2D eigenvalue weighted by atomic mass is 10.1. The summed E-state index contributed by atoms with van der Waals surface area (Å²) in [6.45, 7) is -0.629. The van der Waals surface area contributed by atoms with E-state index >= 15 is 0 Å². The molecule has 2 saturated heterocycles. The van der Waals surface area contributed by atoms with Crippen LogP contribution in [-0.4, -0.2) is 95.1 Å². The van der Waals surface area contributed by atoms with Crippen molar-refractivity contribution in [3.63, 3.8) is 0 Å². The summed E-state index contributed by atoms with van der Waals surface area (Å²) in [6, 6.07) is 0. The first kappa shape index (κ1) is 16.0. The van der Waals surface area contributed by atoms with Gasteiger partial charge in [0.15, 0.2) is 12.6 Å². The Morgan fingerprint density at radius 3 is 1.90 bits per heavy atom. The van der Waals surface area contributed by atoms with Crippen LogP contribution in [0, 0.1) is 0 Å². The minimum atomic E-state index is -1.31. The zero-order chi connectivity index (χ0) is 14.9. The van der Waals surface area contributed by atoms with E-state index < -0.39 is 55.8 Å². The van der Waals surface area contributed by atoms with Crippen LogP contribution in [0.1, 0.15) is 0 Å². The zero-order valence-electron chi connectivity index (χ0n) is 10.9. The maximum atomic E-state index is 9.72. The van der Waals surface area contributed by atoms with Gasteiger partial charge in [0.1, 0.15) is 36.6 Å². The molecule has 9 nitrogen and oxygen atoms in total. The highest BCUT2D eigenvalue weighted by Crippen LogP contribution is 2.25. The molecule has 118 valence electrons. The van der Waals surface area contributed by atoms with E-state index in [4.69, 9.17) is 24.1 Å². The summed E-state index contributed by atoms with van der Waals surface area (Å²) < 4.78 is 20.4. The van der Waals surface area contributed by atoms with E-state index in [1.165, 1.54) is 7.11 Å². The lowest BCUT2D eigenvalue weighted by molar-refractivity contribution is -0.201. The molecular weight excluding hydrogens is 276 g/mol. The summed E-state index contributed by atoms with van der Waals surface area (Å²) in [7, 11) is 1.33. The Balaban J connectivity index is 1.84. The van der Waals surface area contributed by atoms with Gasteiger partial charge in [0, 0.05) is 7.11 Å². The molecule has 20 heavy (non-hydrogen) atoms. The van der Waals surface area contributed by atoms with E-state index in [-0.39, 0.29) is 6.61 Å². The fourth-order valence-corrected chi connectivity index (χ4v) is 2.24. The molecule has 0 unspecified atom stereocenters. The van der Waals surface area contributed by atoms with Gasteiger partial charge in [-0.3, -0.25) is 0 Å². The largest absolute Gasteiger partial charge is 0.394 e. The highest BCUT2D eigenvalue weighted by Gasteiger charge is 2.46. The van der Waals surface area contributed by atoms with E-state index in [1.54, 1.807) is 0 Å². The van der Waals surface area contributed by atoms with Crippen molar-refractivity contribution in [3.05, 3.63) is 0 Å². The molecule has 2 aliphatic heterocycles. The fraction of sp³-hybridized carbons (Fsp3) is 1.00. The molecule has 0 aliphatic carbocycles. The Bertz CT molecular complexity index is 284. The molecule has 0 spiro atoms. The summed E-state index contributed by atoms with van der Waals surface area (Å²) in [4.78, 5) is 0. The first-order valence-corrected chi connectivity index (χ1v) is 6.28. The highest BCUT2D eigenvalue weighted by molar-refractivity contribution is 4.89. The molecule has 0 bridgehead atoms. The predicted molar refractivity (Wildman–Crippen MR) is 61.4 cm³/mol. The normalized spacial score (nSPS) is 48.9. The number of hydrogen-bond donors (Lipinski definition) is 5. The maximum Gasteiger partial charge on any atom is 0.186 e. The third-order valence-electron chi connectivity index (χ3n) is 3.47. The molecular formula is C11H20O9. The summed E-state index contributed by atoms with van der Waals surface area (Å²) in [6.07, 6.45) is -8.83. The van der Waals surface area contributed by atoms with E-state index in [2.05, 4.69) is 0 Å². The van der Waals surface area contributed by atoms with Crippen LogP contribution >= 0.6 is 0 Å². The maximum absolute atomic E-state index is 9.72. The van der Waals surface area contributed by atoms with Crippen LogP contribution in [0.15, 0.2) is 0 Å². The van der Waals surface area contributed by atoms with Gasteiger partial charge in [0.05, 0.1) is 13.2 Å². The summed E-state index contributed by atoms with van der Waals surface area (Å²) >= 11 is 0. The minimum Gasteiger partial charge on any atom is -0.394 e. The second-order valence-corrected chi connectivity index (χ2v) is 4.80. The van der Waals surface area contributed by atoms with Crippen molar-refractivity contribution >= 4 is 0 Å². The van der Waals surface area contributed by atoms with Crippen molar-refractivity contribution < 1.29 is 44.5 Å². The number of methoxy groups -OCH3 is 1. The van der Waals surface area contributed by atoms with Crippen LogP contribution in [0.25, 0.3) is 0 Å². The lowest BCUT2D eigenvalue weighted by Crippen LogP contribution is -2.38. The van der Waals surface area contributed by atoms with Gasteiger partial charge in [0.25, 0.3) is 0 Å². The molecule has 9 heteroatoms. The Hall–Kier alpha value is -0.360. The molecule has 8 atom stereocenters. The third kappa shape index (κ3) is 2.96. The van der Waals surface area contributed by atoms with Gasteiger partial charge in [-0.2, -0.15) is 0 Å². The number of hydrogen-bond acceptors (Lipinski definition) is 9. The van der Waals surface area contributed by atoms with Crippen molar-refractivity contribution in [1.82, 2.24) is 0 Å². The number of aliphatic hydroxyl groups excluding tert-OH is 5. The molecule has 0 aromatic carbocycles. The summed E-state index contributed by atoms with van der Waals surface area (Å²) in [5.74, 6) is 0. The first-order chi connectivity index (χ1) is 9.49. The van der Waals surface area contributed by atoms with Crippen LogP contribution in [0.5, 0.6) is 0 Å². The van der Waals surface area contributed by atoms with Crippen LogP contribution in [0.4, 0.5) is 0 Å².